The Bertz CT molecular complexity index is 355. The summed E-state index contributed by atoms with van der Waals surface area (Å²) in [6.45, 7) is -0.127. The number of nitrogens with two attached hydrogens (primary N) is 1. The van der Waals surface area contributed by atoms with E-state index < -0.39 is 11.9 Å². The van der Waals surface area contributed by atoms with Crippen molar-refractivity contribution >= 4 is 29.0 Å². The molecule has 0 amide bonds. The monoisotopic (exact) mass is 233 g/mol. The molecule has 0 saturated carbocycles. The number of hydrogen-bond donors (Lipinski definition) is 2. The summed E-state index contributed by atoms with van der Waals surface area (Å²) >= 11 is 11.4. The quantitative estimate of drug-likeness (QED) is 0.779. The number of benzene rings is 1. The molecule has 0 aliphatic heterocycles. The summed E-state index contributed by atoms with van der Waals surface area (Å²) in [5.74, 6) is -0.492. The predicted molar refractivity (Wildman–Crippen MR) is 55.9 cm³/mol. The number of hydrogen-bond acceptors (Lipinski definition) is 3. The highest BCUT2D eigenvalue weighted by Gasteiger charge is 2.17. The van der Waals surface area contributed by atoms with Crippen molar-refractivity contribution in [3.05, 3.63) is 33.8 Å². The minimum absolute atomic E-state index is 0.127. The minimum Gasteiger partial charge on any atom is -0.384 e. The summed E-state index contributed by atoms with van der Waals surface area (Å²) in [7, 11) is 0. The highest BCUT2D eigenvalue weighted by Crippen LogP contribution is 2.21. The van der Waals surface area contributed by atoms with Crippen molar-refractivity contribution in [3.63, 3.8) is 0 Å². The van der Waals surface area contributed by atoms with Gasteiger partial charge in [0.2, 0.25) is 0 Å². The first-order valence-corrected chi connectivity index (χ1v) is 4.69. The van der Waals surface area contributed by atoms with Gasteiger partial charge in [0, 0.05) is 17.1 Å². The molecule has 3 N–H and O–H groups in total. The van der Waals surface area contributed by atoms with Crippen LogP contribution in [0.5, 0.6) is 0 Å². The maximum atomic E-state index is 11.5. The molecule has 0 spiro atoms. The van der Waals surface area contributed by atoms with Crippen LogP contribution in [0.2, 0.25) is 10.0 Å². The number of aliphatic hydroxyl groups excluding tert-OH is 1. The molecule has 0 bridgehead atoms. The zero-order valence-electron chi connectivity index (χ0n) is 7.21. The molecule has 0 heterocycles. The van der Waals surface area contributed by atoms with E-state index in [0.717, 1.165) is 0 Å². The van der Waals surface area contributed by atoms with E-state index in [2.05, 4.69) is 0 Å². The van der Waals surface area contributed by atoms with Gasteiger partial charge in [0.1, 0.15) is 6.10 Å². The number of rotatable bonds is 3. The van der Waals surface area contributed by atoms with Crippen molar-refractivity contribution in [2.75, 3.05) is 6.54 Å². The molecule has 0 aliphatic rings. The average Bonchev–Trinajstić information content (AvgIpc) is 2.15. The van der Waals surface area contributed by atoms with Crippen LogP contribution in [-0.4, -0.2) is 23.5 Å². The van der Waals surface area contributed by atoms with Gasteiger partial charge < -0.3 is 10.8 Å². The van der Waals surface area contributed by atoms with Gasteiger partial charge in [-0.15, -0.1) is 0 Å². The Kier molecular flexibility index (Phi) is 3.89. The molecule has 0 fully saturated rings. The van der Waals surface area contributed by atoms with Crippen molar-refractivity contribution in [1.29, 1.82) is 0 Å². The van der Waals surface area contributed by atoms with E-state index in [4.69, 9.17) is 28.9 Å². The summed E-state index contributed by atoms with van der Waals surface area (Å²) in [5, 5.41) is 9.86. The van der Waals surface area contributed by atoms with E-state index in [1.807, 2.05) is 0 Å². The minimum atomic E-state index is -1.21. The molecule has 0 aromatic heterocycles. The zero-order valence-corrected chi connectivity index (χ0v) is 8.72. The van der Waals surface area contributed by atoms with Gasteiger partial charge in [-0.05, 0) is 18.2 Å². The van der Waals surface area contributed by atoms with Gasteiger partial charge in [-0.2, -0.15) is 0 Å². The molecule has 0 radical (unpaired) electrons. The molecule has 3 nitrogen and oxygen atoms in total. The first-order valence-electron chi connectivity index (χ1n) is 3.93. The number of Topliss-reactive ketones (excluding diaryl/α,β-unsaturated/α-hetero) is 1. The summed E-state index contributed by atoms with van der Waals surface area (Å²) in [6.07, 6.45) is -1.21. The molecule has 0 aliphatic carbocycles. The van der Waals surface area contributed by atoms with Crippen LogP contribution in [0, 0.1) is 0 Å². The Morgan fingerprint density at radius 1 is 1.50 bits per heavy atom. The Morgan fingerprint density at radius 3 is 2.64 bits per heavy atom. The molecule has 1 aromatic rings. The summed E-state index contributed by atoms with van der Waals surface area (Å²) < 4.78 is 0. The second-order valence-corrected chi connectivity index (χ2v) is 3.58. The van der Waals surface area contributed by atoms with E-state index in [1.165, 1.54) is 18.2 Å². The molecule has 76 valence electrons. The Hall–Kier alpha value is -0.610. The van der Waals surface area contributed by atoms with Crippen LogP contribution in [0.1, 0.15) is 10.4 Å². The van der Waals surface area contributed by atoms with E-state index in [1.54, 1.807) is 0 Å². The first-order chi connectivity index (χ1) is 6.56. The van der Waals surface area contributed by atoms with Gasteiger partial charge in [-0.25, -0.2) is 0 Å². The van der Waals surface area contributed by atoms with E-state index in [9.17, 15) is 9.90 Å². The van der Waals surface area contributed by atoms with Crippen molar-refractivity contribution < 1.29 is 9.90 Å². The number of carbonyl (C=O) groups excluding carboxylic acids is 1. The normalized spacial score (nSPS) is 12.6. The second kappa shape index (κ2) is 4.75. The van der Waals surface area contributed by atoms with Crippen LogP contribution in [0.3, 0.4) is 0 Å². The smallest absolute Gasteiger partial charge is 0.194 e. The molecular weight excluding hydrogens is 225 g/mol. The Balaban J connectivity index is 3.02. The van der Waals surface area contributed by atoms with Gasteiger partial charge in [-0.1, -0.05) is 23.2 Å². The molecule has 14 heavy (non-hydrogen) atoms. The van der Waals surface area contributed by atoms with Crippen molar-refractivity contribution in [3.8, 4) is 0 Å². The number of carbonyl (C=O) groups is 1. The van der Waals surface area contributed by atoms with Crippen LogP contribution in [0.25, 0.3) is 0 Å². The fourth-order valence-electron chi connectivity index (χ4n) is 0.976. The summed E-state index contributed by atoms with van der Waals surface area (Å²) in [6, 6.07) is 4.44. The third-order valence-electron chi connectivity index (χ3n) is 1.72. The highest BCUT2D eigenvalue weighted by atomic mass is 35.5. The first kappa shape index (κ1) is 11.5. The zero-order chi connectivity index (χ0) is 10.7. The van der Waals surface area contributed by atoms with Crippen molar-refractivity contribution in [2.45, 2.75) is 6.10 Å². The Labute approximate surface area is 91.4 Å². The van der Waals surface area contributed by atoms with Gasteiger partial charge in [0.15, 0.2) is 5.78 Å². The molecule has 5 heteroatoms. The predicted octanol–water partition coefficient (Wildman–Crippen LogP) is 1.50. The third kappa shape index (κ3) is 2.45. The Morgan fingerprint density at radius 2 is 2.14 bits per heavy atom. The standard InChI is InChI=1S/C9H9Cl2NO2/c10-5-1-2-6(7(11)3-5)9(14)8(13)4-12/h1-3,8,13H,4,12H2. The van der Waals surface area contributed by atoms with Crippen LogP contribution >= 0.6 is 23.2 Å². The van der Waals surface area contributed by atoms with Crippen LogP contribution in [0.4, 0.5) is 0 Å². The number of aliphatic hydroxyl groups is 1. The number of ketones is 1. The summed E-state index contributed by atoms with van der Waals surface area (Å²) in [5.41, 5.74) is 5.38. The second-order valence-electron chi connectivity index (χ2n) is 2.74. The van der Waals surface area contributed by atoms with Gasteiger partial charge in [-0.3, -0.25) is 4.79 Å². The topological polar surface area (TPSA) is 63.3 Å². The maximum Gasteiger partial charge on any atom is 0.194 e. The van der Waals surface area contributed by atoms with Gasteiger partial charge >= 0.3 is 0 Å². The van der Waals surface area contributed by atoms with E-state index in [0.29, 0.717) is 5.02 Å². The van der Waals surface area contributed by atoms with E-state index >= 15 is 0 Å². The lowest BCUT2D eigenvalue weighted by molar-refractivity contribution is 0.0763. The molecule has 1 unspecified atom stereocenters. The third-order valence-corrected chi connectivity index (χ3v) is 2.27. The highest BCUT2D eigenvalue weighted by molar-refractivity contribution is 6.37. The molecule has 1 atom stereocenters. The molecule has 0 saturated heterocycles. The maximum absolute atomic E-state index is 11.5. The lowest BCUT2D eigenvalue weighted by Gasteiger charge is -2.08. The van der Waals surface area contributed by atoms with Crippen molar-refractivity contribution in [1.82, 2.24) is 0 Å². The SMILES string of the molecule is NCC(O)C(=O)c1ccc(Cl)cc1Cl. The number of halogens is 2. The fraction of sp³-hybridized carbons (Fsp3) is 0.222. The average molecular weight is 234 g/mol. The van der Waals surface area contributed by atoms with Crippen LogP contribution in [-0.2, 0) is 0 Å². The molecule has 1 aromatic carbocycles. The molecular formula is C9H9Cl2NO2. The fourth-order valence-corrected chi connectivity index (χ4v) is 1.48. The van der Waals surface area contributed by atoms with Gasteiger partial charge in [0.05, 0.1) is 5.02 Å². The van der Waals surface area contributed by atoms with E-state index in [-0.39, 0.29) is 17.1 Å². The molecule has 1 rings (SSSR count). The van der Waals surface area contributed by atoms with Crippen molar-refractivity contribution in [2.24, 2.45) is 5.73 Å². The lowest BCUT2D eigenvalue weighted by atomic mass is 10.1. The van der Waals surface area contributed by atoms with Gasteiger partial charge in [0.25, 0.3) is 0 Å². The largest absolute Gasteiger partial charge is 0.384 e. The lowest BCUT2D eigenvalue weighted by Crippen LogP contribution is -2.29. The summed E-state index contributed by atoms with van der Waals surface area (Å²) in [4.78, 5) is 11.5. The van der Waals surface area contributed by atoms with Crippen LogP contribution < -0.4 is 5.73 Å². The van der Waals surface area contributed by atoms with Crippen LogP contribution in [0.15, 0.2) is 18.2 Å².